The summed E-state index contributed by atoms with van der Waals surface area (Å²) in [7, 11) is 0. The minimum absolute atomic E-state index is 0.496. The normalized spacial score (nSPS) is 12.4. The van der Waals surface area contributed by atoms with Gasteiger partial charge in [-0.25, -0.2) is 0 Å². The van der Waals surface area contributed by atoms with Crippen molar-refractivity contribution < 1.29 is 5.11 Å². The lowest BCUT2D eigenvalue weighted by molar-refractivity contribution is 0.177. The van der Waals surface area contributed by atoms with E-state index in [0.717, 1.165) is 15.7 Å². The van der Waals surface area contributed by atoms with Crippen LogP contribution in [0.1, 0.15) is 22.9 Å². The molecule has 88 valence electrons. The Bertz CT molecular complexity index is 479. The number of aryl methyl sites for hydroxylation is 1. The summed E-state index contributed by atoms with van der Waals surface area (Å²) < 4.78 is 0.950. The van der Waals surface area contributed by atoms with E-state index in [1.54, 1.807) is 6.20 Å². The second kappa shape index (κ2) is 5.43. The minimum atomic E-state index is -0.496. The number of benzene rings is 1. The topological polar surface area (TPSA) is 33.1 Å². The molecular weight excluding hydrogens is 278 g/mol. The van der Waals surface area contributed by atoms with Crippen LogP contribution in [-0.4, -0.2) is 10.1 Å². The first-order valence-corrected chi connectivity index (χ1v) is 6.29. The molecule has 1 heterocycles. The first kappa shape index (κ1) is 12.3. The quantitative estimate of drug-likeness (QED) is 0.940. The molecule has 0 radical (unpaired) electrons. The highest BCUT2D eigenvalue weighted by molar-refractivity contribution is 9.10. The molecule has 1 aromatic heterocycles. The molecule has 0 aliphatic rings. The van der Waals surface area contributed by atoms with Gasteiger partial charge in [0.05, 0.1) is 6.10 Å². The van der Waals surface area contributed by atoms with Crippen molar-refractivity contribution in [2.24, 2.45) is 0 Å². The molecule has 2 nitrogen and oxygen atoms in total. The van der Waals surface area contributed by atoms with Crippen molar-refractivity contribution in [3.8, 4) is 0 Å². The number of pyridine rings is 1. The number of halogens is 1. The largest absolute Gasteiger partial charge is 0.388 e. The molecular formula is C14H14BrNO. The smallest absolute Gasteiger partial charge is 0.0845 e. The maximum Gasteiger partial charge on any atom is 0.0845 e. The van der Waals surface area contributed by atoms with Crippen molar-refractivity contribution in [3.05, 3.63) is 63.9 Å². The van der Waals surface area contributed by atoms with Crippen LogP contribution < -0.4 is 0 Å². The van der Waals surface area contributed by atoms with E-state index in [1.807, 2.05) is 43.3 Å². The second-order valence-electron chi connectivity index (χ2n) is 4.10. The summed E-state index contributed by atoms with van der Waals surface area (Å²) in [6, 6.07) is 11.8. The molecule has 2 rings (SSSR count). The summed E-state index contributed by atoms with van der Waals surface area (Å²) in [5.41, 5.74) is 3.02. The molecule has 1 N–H and O–H groups in total. The van der Waals surface area contributed by atoms with Gasteiger partial charge in [-0.15, -0.1) is 0 Å². The standard InChI is InChI=1S/C14H14BrNO/c1-10-2-4-11(5-3-10)14(17)8-13-7-6-12(15)9-16-13/h2-7,9,14,17H,8H2,1H3. The van der Waals surface area contributed by atoms with Crippen LogP contribution in [-0.2, 0) is 6.42 Å². The van der Waals surface area contributed by atoms with Crippen LogP contribution in [0.25, 0.3) is 0 Å². The molecule has 0 saturated heterocycles. The van der Waals surface area contributed by atoms with Crippen LogP contribution in [0.2, 0.25) is 0 Å². The van der Waals surface area contributed by atoms with Crippen LogP contribution in [0.4, 0.5) is 0 Å². The monoisotopic (exact) mass is 291 g/mol. The lowest BCUT2D eigenvalue weighted by atomic mass is 10.0. The molecule has 1 unspecified atom stereocenters. The van der Waals surface area contributed by atoms with Gasteiger partial charge in [-0.05, 0) is 40.5 Å². The van der Waals surface area contributed by atoms with Crippen LogP contribution >= 0.6 is 15.9 Å². The van der Waals surface area contributed by atoms with Gasteiger partial charge in [0.1, 0.15) is 0 Å². The molecule has 0 aliphatic heterocycles. The third kappa shape index (κ3) is 3.38. The van der Waals surface area contributed by atoms with Gasteiger partial charge in [0.2, 0.25) is 0 Å². The Morgan fingerprint density at radius 2 is 1.88 bits per heavy atom. The Balaban J connectivity index is 2.08. The molecule has 2 aromatic rings. The molecule has 1 aromatic carbocycles. The number of aliphatic hydroxyl groups is 1. The molecule has 0 amide bonds. The van der Waals surface area contributed by atoms with Crippen LogP contribution in [0, 0.1) is 6.92 Å². The minimum Gasteiger partial charge on any atom is -0.388 e. The van der Waals surface area contributed by atoms with E-state index < -0.39 is 6.10 Å². The van der Waals surface area contributed by atoms with E-state index in [2.05, 4.69) is 20.9 Å². The summed E-state index contributed by atoms with van der Waals surface area (Å²) in [5.74, 6) is 0. The van der Waals surface area contributed by atoms with Crippen molar-refractivity contribution in [1.82, 2.24) is 4.98 Å². The Labute approximate surface area is 109 Å². The predicted molar refractivity (Wildman–Crippen MR) is 71.8 cm³/mol. The van der Waals surface area contributed by atoms with Crippen molar-refractivity contribution in [2.75, 3.05) is 0 Å². The van der Waals surface area contributed by atoms with Crippen LogP contribution in [0.3, 0.4) is 0 Å². The number of nitrogens with zero attached hydrogens (tertiary/aromatic N) is 1. The third-order valence-electron chi connectivity index (χ3n) is 2.65. The van der Waals surface area contributed by atoms with E-state index >= 15 is 0 Å². The highest BCUT2D eigenvalue weighted by Gasteiger charge is 2.08. The summed E-state index contributed by atoms with van der Waals surface area (Å²) in [5, 5.41) is 10.1. The Morgan fingerprint density at radius 1 is 1.18 bits per heavy atom. The van der Waals surface area contributed by atoms with Crippen LogP contribution in [0.5, 0.6) is 0 Å². The van der Waals surface area contributed by atoms with Gasteiger partial charge in [0.25, 0.3) is 0 Å². The number of aromatic nitrogens is 1. The van der Waals surface area contributed by atoms with Crippen molar-refractivity contribution in [1.29, 1.82) is 0 Å². The first-order valence-electron chi connectivity index (χ1n) is 5.50. The average Bonchev–Trinajstić information content (AvgIpc) is 2.33. The molecule has 0 bridgehead atoms. The second-order valence-corrected chi connectivity index (χ2v) is 5.01. The molecule has 3 heteroatoms. The van der Waals surface area contributed by atoms with Crippen LogP contribution in [0.15, 0.2) is 47.1 Å². The Hall–Kier alpha value is -1.19. The van der Waals surface area contributed by atoms with Crippen molar-refractivity contribution in [3.63, 3.8) is 0 Å². The van der Waals surface area contributed by atoms with Gasteiger partial charge in [0.15, 0.2) is 0 Å². The number of rotatable bonds is 3. The Morgan fingerprint density at radius 3 is 2.47 bits per heavy atom. The summed E-state index contributed by atoms with van der Waals surface area (Å²) in [6.07, 6.45) is 1.79. The zero-order chi connectivity index (χ0) is 12.3. The lowest BCUT2D eigenvalue weighted by Crippen LogP contribution is -2.03. The van der Waals surface area contributed by atoms with Gasteiger partial charge in [-0.2, -0.15) is 0 Å². The van der Waals surface area contributed by atoms with Crippen molar-refractivity contribution in [2.45, 2.75) is 19.4 Å². The summed E-state index contributed by atoms with van der Waals surface area (Å²) >= 11 is 3.34. The van der Waals surface area contributed by atoms with Gasteiger partial charge < -0.3 is 5.11 Å². The maximum atomic E-state index is 10.1. The molecule has 17 heavy (non-hydrogen) atoms. The zero-order valence-electron chi connectivity index (χ0n) is 9.60. The van der Waals surface area contributed by atoms with Gasteiger partial charge in [0, 0.05) is 22.8 Å². The fourth-order valence-electron chi connectivity index (χ4n) is 1.63. The SMILES string of the molecule is Cc1ccc(C(O)Cc2ccc(Br)cn2)cc1. The fourth-order valence-corrected chi connectivity index (χ4v) is 1.87. The number of hydrogen-bond donors (Lipinski definition) is 1. The number of hydrogen-bond acceptors (Lipinski definition) is 2. The summed E-state index contributed by atoms with van der Waals surface area (Å²) in [6.45, 7) is 2.03. The summed E-state index contributed by atoms with van der Waals surface area (Å²) in [4.78, 5) is 4.25. The zero-order valence-corrected chi connectivity index (χ0v) is 11.2. The van der Waals surface area contributed by atoms with E-state index in [-0.39, 0.29) is 0 Å². The van der Waals surface area contributed by atoms with Gasteiger partial charge in [-0.3, -0.25) is 4.98 Å². The fraction of sp³-hybridized carbons (Fsp3) is 0.214. The molecule has 0 saturated carbocycles. The molecule has 1 atom stereocenters. The van der Waals surface area contributed by atoms with E-state index in [9.17, 15) is 5.11 Å². The maximum absolute atomic E-state index is 10.1. The highest BCUT2D eigenvalue weighted by atomic mass is 79.9. The molecule has 0 spiro atoms. The first-order chi connectivity index (χ1) is 8.15. The highest BCUT2D eigenvalue weighted by Crippen LogP contribution is 2.18. The van der Waals surface area contributed by atoms with Crippen molar-refractivity contribution >= 4 is 15.9 Å². The lowest BCUT2D eigenvalue weighted by Gasteiger charge is -2.10. The Kier molecular flexibility index (Phi) is 3.92. The van der Waals surface area contributed by atoms with Gasteiger partial charge in [-0.1, -0.05) is 29.8 Å². The van der Waals surface area contributed by atoms with Gasteiger partial charge >= 0.3 is 0 Å². The third-order valence-corrected chi connectivity index (χ3v) is 3.12. The predicted octanol–water partition coefficient (Wildman–Crippen LogP) is 3.43. The molecule has 0 fully saturated rings. The average molecular weight is 292 g/mol. The number of aliphatic hydroxyl groups excluding tert-OH is 1. The van der Waals surface area contributed by atoms with E-state index in [0.29, 0.717) is 6.42 Å². The van der Waals surface area contributed by atoms with E-state index in [4.69, 9.17) is 0 Å². The molecule has 0 aliphatic carbocycles. The van der Waals surface area contributed by atoms with E-state index in [1.165, 1.54) is 5.56 Å².